The lowest BCUT2D eigenvalue weighted by atomic mass is 10.1. The standard InChI is InChI=1S/C18H17IN2O2/c1-12-8-9-13(11-16(12)21-10-4-7-17(21)22)20-18(23)14-5-2-3-6-15(14)19/h2-3,5-6,8-9,11H,4,7,10H2,1H3,(H,20,23). The van der Waals surface area contributed by atoms with Crippen LogP contribution in [0.2, 0.25) is 0 Å². The Morgan fingerprint density at radius 3 is 2.70 bits per heavy atom. The van der Waals surface area contributed by atoms with Crippen molar-refractivity contribution in [3.63, 3.8) is 0 Å². The molecular formula is C18H17IN2O2. The third-order valence-corrected chi connectivity index (χ3v) is 4.89. The van der Waals surface area contributed by atoms with Crippen LogP contribution in [0.4, 0.5) is 11.4 Å². The third kappa shape index (κ3) is 3.39. The maximum atomic E-state index is 12.4. The minimum absolute atomic E-state index is 0.141. The van der Waals surface area contributed by atoms with E-state index in [1.807, 2.05) is 43.3 Å². The van der Waals surface area contributed by atoms with Gasteiger partial charge in [-0.05, 0) is 65.8 Å². The van der Waals surface area contributed by atoms with Gasteiger partial charge in [0.15, 0.2) is 0 Å². The molecule has 1 N–H and O–H groups in total. The minimum Gasteiger partial charge on any atom is -0.322 e. The van der Waals surface area contributed by atoms with Crippen LogP contribution < -0.4 is 10.2 Å². The summed E-state index contributed by atoms with van der Waals surface area (Å²) in [6.07, 6.45) is 1.48. The van der Waals surface area contributed by atoms with Gasteiger partial charge in [-0.2, -0.15) is 0 Å². The predicted molar refractivity (Wildman–Crippen MR) is 99.9 cm³/mol. The molecule has 2 aromatic rings. The molecule has 23 heavy (non-hydrogen) atoms. The summed E-state index contributed by atoms with van der Waals surface area (Å²) < 4.78 is 0.907. The van der Waals surface area contributed by atoms with Crippen LogP contribution in [-0.2, 0) is 4.79 Å². The van der Waals surface area contributed by atoms with E-state index in [1.165, 1.54) is 0 Å². The van der Waals surface area contributed by atoms with Gasteiger partial charge in [0, 0.05) is 27.9 Å². The number of benzene rings is 2. The van der Waals surface area contributed by atoms with Crippen molar-refractivity contribution in [2.75, 3.05) is 16.8 Å². The normalized spacial score (nSPS) is 14.2. The van der Waals surface area contributed by atoms with Gasteiger partial charge < -0.3 is 10.2 Å². The highest BCUT2D eigenvalue weighted by Gasteiger charge is 2.23. The summed E-state index contributed by atoms with van der Waals surface area (Å²) in [5.41, 5.74) is 3.27. The number of amides is 2. The molecule has 0 aliphatic carbocycles. The minimum atomic E-state index is -0.141. The number of anilines is 2. The Morgan fingerprint density at radius 2 is 2.00 bits per heavy atom. The number of nitrogens with one attached hydrogen (secondary N) is 1. The molecule has 0 bridgehead atoms. The summed E-state index contributed by atoms with van der Waals surface area (Å²) in [5.74, 6) is 0.00624. The number of rotatable bonds is 3. The molecule has 0 atom stereocenters. The van der Waals surface area contributed by atoms with Crippen LogP contribution in [0.1, 0.15) is 28.8 Å². The van der Waals surface area contributed by atoms with Crippen LogP contribution in [0.15, 0.2) is 42.5 Å². The summed E-state index contributed by atoms with van der Waals surface area (Å²) in [7, 11) is 0. The molecule has 118 valence electrons. The van der Waals surface area contributed by atoms with E-state index in [1.54, 1.807) is 11.0 Å². The van der Waals surface area contributed by atoms with Crippen molar-refractivity contribution in [2.45, 2.75) is 19.8 Å². The Kier molecular flexibility index (Phi) is 4.66. The Morgan fingerprint density at radius 1 is 1.22 bits per heavy atom. The lowest BCUT2D eigenvalue weighted by molar-refractivity contribution is -0.117. The van der Waals surface area contributed by atoms with E-state index in [0.717, 1.165) is 27.8 Å². The van der Waals surface area contributed by atoms with E-state index in [0.29, 0.717) is 17.7 Å². The molecule has 5 heteroatoms. The van der Waals surface area contributed by atoms with E-state index in [4.69, 9.17) is 0 Å². The highest BCUT2D eigenvalue weighted by Crippen LogP contribution is 2.28. The quantitative estimate of drug-likeness (QED) is 0.764. The molecule has 0 radical (unpaired) electrons. The molecule has 2 aromatic carbocycles. The zero-order chi connectivity index (χ0) is 16.4. The number of nitrogens with zero attached hydrogens (tertiary/aromatic N) is 1. The van der Waals surface area contributed by atoms with Gasteiger partial charge in [0.1, 0.15) is 0 Å². The summed E-state index contributed by atoms with van der Waals surface area (Å²) in [4.78, 5) is 26.2. The van der Waals surface area contributed by atoms with Crippen molar-refractivity contribution >= 4 is 45.8 Å². The van der Waals surface area contributed by atoms with Gasteiger partial charge in [-0.1, -0.05) is 18.2 Å². The lowest BCUT2D eigenvalue weighted by Gasteiger charge is -2.19. The smallest absolute Gasteiger partial charge is 0.256 e. The van der Waals surface area contributed by atoms with Gasteiger partial charge in [-0.25, -0.2) is 0 Å². The van der Waals surface area contributed by atoms with Crippen LogP contribution >= 0.6 is 22.6 Å². The summed E-state index contributed by atoms with van der Waals surface area (Å²) in [6, 6.07) is 13.1. The maximum absolute atomic E-state index is 12.4. The topological polar surface area (TPSA) is 49.4 Å². The summed E-state index contributed by atoms with van der Waals surface area (Å²) in [5, 5.41) is 2.92. The average molecular weight is 420 g/mol. The zero-order valence-corrected chi connectivity index (χ0v) is 15.0. The molecule has 1 heterocycles. The molecule has 1 aliphatic heterocycles. The first-order valence-corrected chi connectivity index (χ1v) is 8.61. The number of hydrogen-bond acceptors (Lipinski definition) is 2. The second-order valence-electron chi connectivity index (χ2n) is 5.58. The van der Waals surface area contributed by atoms with Crippen LogP contribution in [0.5, 0.6) is 0 Å². The van der Waals surface area contributed by atoms with E-state index in [-0.39, 0.29) is 11.8 Å². The fraction of sp³-hybridized carbons (Fsp3) is 0.222. The fourth-order valence-electron chi connectivity index (χ4n) is 2.72. The van der Waals surface area contributed by atoms with Crippen LogP contribution in [-0.4, -0.2) is 18.4 Å². The molecule has 0 unspecified atom stereocenters. The van der Waals surface area contributed by atoms with Gasteiger partial charge in [0.05, 0.1) is 5.56 Å². The van der Waals surface area contributed by atoms with Crippen molar-refractivity contribution in [3.05, 3.63) is 57.2 Å². The van der Waals surface area contributed by atoms with Crippen molar-refractivity contribution < 1.29 is 9.59 Å². The molecule has 0 spiro atoms. The van der Waals surface area contributed by atoms with E-state index in [9.17, 15) is 9.59 Å². The van der Waals surface area contributed by atoms with E-state index in [2.05, 4.69) is 27.9 Å². The largest absolute Gasteiger partial charge is 0.322 e. The van der Waals surface area contributed by atoms with Gasteiger partial charge >= 0.3 is 0 Å². The molecule has 0 aromatic heterocycles. The molecule has 1 aliphatic rings. The van der Waals surface area contributed by atoms with Gasteiger partial charge in [0.2, 0.25) is 5.91 Å². The molecule has 1 saturated heterocycles. The second-order valence-corrected chi connectivity index (χ2v) is 6.75. The molecule has 2 amide bonds. The first kappa shape index (κ1) is 16.0. The van der Waals surface area contributed by atoms with Crippen molar-refractivity contribution in [3.8, 4) is 0 Å². The van der Waals surface area contributed by atoms with Crippen molar-refractivity contribution in [2.24, 2.45) is 0 Å². The van der Waals surface area contributed by atoms with Gasteiger partial charge in [0.25, 0.3) is 5.91 Å². The van der Waals surface area contributed by atoms with Crippen LogP contribution in [0.3, 0.4) is 0 Å². The van der Waals surface area contributed by atoms with Crippen LogP contribution in [0.25, 0.3) is 0 Å². The Bertz CT molecular complexity index is 773. The van der Waals surface area contributed by atoms with E-state index >= 15 is 0 Å². The second kappa shape index (κ2) is 6.70. The van der Waals surface area contributed by atoms with Crippen molar-refractivity contribution in [1.29, 1.82) is 0 Å². The highest BCUT2D eigenvalue weighted by molar-refractivity contribution is 14.1. The predicted octanol–water partition coefficient (Wildman–Crippen LogP) is 3.98. The monoisotopic (exact) mass is 420 g/mol. The van der Waals surface area contributed by atoms with E-state index < -0.39 is 0 Å². The third-order valence-electron chi connectivity index (χ3n) is 3.95. The van der Waals surface area contributed by atoms with Gasteiger partial charge in [-0.15, -0.1) is 0 Å². The number of hydrogen-bond donors (Lipinski definition) is 1. The molecular weight excluding hydrogens is 403 g/mol. The maximum Gasteiger partial charge on any atom is 0.256 e. The number of halogens is 1. The van der Waals surface area contributed by atoms with Crippen LogP contribution in [0, 0.1) is 10.5 Å². The molecule has 4 nitrogen and oxygen atoms in total. The van der Waals surface area contributed by atoms with Crippen molar-refractivity contribution in [1.82, 2.24) is 0 Å². The Balaban J connectivity index is 1.85. The first-order valence-electron chi connectivity index (χ1n) is 7.53. The molecule has 1 fully saturated rings. The first-order chi connectivity index (χ1) is 11.1. The Labute approximate surface area is 149 Å². The molecule has 3 rings (SSSR count). The highest BCUT2D eigenvalue weighted by atomic mass is 127. The molecule has 0 saturated carbocycles. The number of aryl methyl sites for hydroxylation is 1. The summed E-state index contributed by atoms with van der Waals surface area (Å²) >= 11 is 2.15. The zero-order valence-electron chi connectivity index (χ0n) is 12.8. The average Bonchev–Trinajstić information content (AvgIpc) is 2.95. The summed E-state index contributed by atoms with van der Waals surface area (Å²) in [6.45, 7) is 2.72. The SMILES string of the molecule is Cc1ccc(NC(=O)c2ccccc2I)cc1N1CCCC1=O. The number of carbonyl (C=O) groups is 2. The number of carbonyl (C=O) groups excluding carboxylic acids is 2. The Hall–Kier alpha value is -1.89. The lowest BCUT2D eigenvalue weighted by Crippen LogP contribution is -2.24. The fourth-order valence-corrected chi connectivity index (χ4v) is 3.36. The van der Waals surface area contributed by atoms with Gasteiger partial charge in [-0.3, -0.25) is 9.59 Å².